The maximum Gasteiger partial charge on any atom is 0.335 e. The molecule has 0 bridgehead atoms. The van der Waals surface area contributed by atoms with Crippen molar-refractivity contribution in [2.45, 2.75) is 6.54 Å². The summed E-state index contributed by atoms with van der Waals surface area (Å²) in [4.78, 5) is 28.1. The van der Waals surface area contributed by atoms with Crippen molar-refractivity contribution in [3.05, 3.63) is 87.6 Å². The second-order valence-electron chi connectivity index (χ2n) is 6.45. The van der Waals surface area contributed by atoms with Crippen LogP contribution >= 0.6 is 35.3 Å². The van der Waals surface area contributed by atoms with Gasteiger partial charge in [-0.3, -0.25) is 4.79 Å². The summed E-state index contributed by atoms with van der Waals surface area (Å²) in [5.74, 6) is -1.04. The Bertz CT molecular complexity index is 1070. The lowest BCUT2D eigenvalue weighted by atomic mass is 10.1. The third-order valence-corrected chi connectivity index (χ3v) is 6.32. The molecule has 7 heteroatoms. The lowest BCUT2D eigenvalue weighted by Crippen LogP contribution is -2.26. The highest BCUT2D eigenvalue weighted by molar-refractivity contribution is 8.24. The van der Waals surface area contributed by atoms with E-state index in [2.05, 4.69) is 0 Å². The molecule has 30 heavy (non-hydrogen) atoms. The predicted molar refractivity (Wildman–Crippen MR) is 129 cm³/mol. The first-order valence-corrected chi connectivity index (χ1v) is 11.2. The molecule has 0 saturated carbocycles. The first-order valence-electron chi connectivity index (χ1n) is 9.03. The Morgan fingerprint density at radius 2 is 1.77 bits per heavy atom. The lowest BCUT2D eigenvalue weighted by molar-refractivity contribution is -0.125. The summed E-state index contributed by atoms with van der Waals surface area (Å²) in [5.41, 5.74) is 2.24. The number of amides is 1. The number of hydrogen-bond acceptors (Lipinski definition) is 5. The van der Waals surface area contributed by atoms with Crippen LogP contribution in [-0.2, 0) is 11.3 Å². The van der Waals surface area contributed by atoms with E-state index in [-0.39, 0.29) is 11.5 Å². The maximum atomic E-state index is 12.9. The molecular formula is C23H19NO3S3. The Kier molecular flexibility index (Phi) is 7.57. The van der Waals surface area contributed by atoms with Crippen molar-refractivity contribution in [2.24, 2.45) is 0 Å². The highest BCUT2D eigenvalue weighted by atomic mass is 32.2. The van der Waals surface area contributed by atoms with Gasteiger partial charge >= 0.3 is 5.97 Å². The van der Waals surface area contributed by atoms with Crippen molar-refractivity contribution in [3.63, 3.8) is 0 Å². The Balaban J connectivity index is 1.79. The molecule has 0 atom stereocenters. The van der Waals surface area contributed by atoms with Crippen LogP contribution in [0.3, 0.4) is 0 Å². The molecule has 0 spiro atoms. The minimum Gasteiger partial charge on any atom is -0.478 e. The highest BCUT2D eigenvalue weighted by Gasteiger charge is 2.16. The van der Waals surface area contributed by atoms with Gasteiger partial charge in [0, 0.05) is 28.0 Å². The summed E-state index contributed by atoms with van der Waals surface area (Å²) >= 11 is 7.74. The zero-order chi connectivity index (χ0) is 21.5. The summed E-state index contributed by atoms with van der Waals surface area (Å²) in [5, 5.41) is 9.04. The van der Waals surface area contributed by atoms with Gasteiger partial charge in [0.05, 0.1) is 10.5 Å². The fourth-order valence-corrected chi connectivity index (χ4v) is 4.70. The number of thioether (sulfide) groups is 1. The van der Waals surface area contributed by atoms with E-state index in [1.54, 1.807) is 36.2 Å². The molecule has 0 unspecified atom stereocenters. The number of carbonyl (C=O) groups is 2. The van der Waals surface area contributed by atoms with E-state index in [1.807, 2.05) is 48.5 Å². The van der Waals surface area contributed by atoms with Gasteiger partial charge in [0.25, 0.3) is 5.91 Å². The smallest absolute Gasteiger partial charge is 0.335 e. The van der Waals surface area contributed by atoms with E-state index in [0.717, 1.165) is 20.9 Å². The Morgan fingerprint density at radius 3 is 2.40 bits per heavy atom. The number of carboxylic acid groups (broad SMARTS) is 1. The topological polar surface area (TPSA) is 57.6 Å². The first kappa shape index (κ1) is 22.0. The SMILES string of the molecule is CN(Cc1ccccc1)C(=O)/C(=C/c1ccc(-c2ccc(C(=O)O)cc2)s1)SC=S. The monoisotopic (exact) mass is 453 g/mol. The molecule has 1 amide bonds. The van der Waals surface area contributed by atoms with Crippen molar-refractivity contribution in [1.29, 1.82) is 0 Å². The van der Waals surface area contributed by atoms with E-state index in [9.17, 15) is 9.59 Å². The third kappa shape index (κ3) is 5.66. The maximum absolute atomic E-state index is 12.9. The van der Waals surface area contributed by atoms with Crippen LogP contribution in [0.1, 0.15) is 20.8 Å². The van der Waals surface area contributed by atoms with Crippen LogP contribution in [0.4, 0.5) is 0 Å². The van der Waals surface area contributed by atoms with E-state index in [0.29, 0.717) is 11.4 Å². The molecule has 0 aliphatic heterocycles. The number of hydrogen-bond donors (Lipinski definition) is 1. The van der Waals surface area contributed by atoms with Gasteiger partial charge in [0.1, 0.15) is 0 Å². The molecule has 1 N–H and O–H groups in total. The number of benzene rings is 2. The van der Waals surface area contributed by atoms with E-state index >= 15 is 0 Å². The molecule has 3 aromatic rings. The summed E-state index contributed by atoms with van der Waals surface area (Å²) in [6, 6.07) is 20.5. The average molecular weight is 454 g/mol. The second-order valence-corrected chi connectivity index (χ2v) is 9.01. The Hall–Kier alpha value is -2.74. The van der Waals surface area contributed by atoms with Gasteiger partial charge in [-0.15, -0.1) is 11.3 Å². The van der Waals surface area contributed by atoms with Crippen LogP contribution in [0.2, 0.25) is 0 Å². The van der Waals surface area contributed by atoms with Crippen LogP contribution in [0.15, 0.2) is 71.6 Å². The van der Waals surface area contributed by atoms with E-state index < -0.39 is 5.97 Å². The number of thiophene rings is 1. The molecule has 1 heterocycles. The van der Waals surface area contributed by atoms with Crippen molar-refractivity contribution in [2.75, 3.05) is 7.05 Å². The zero-order valence-electron chi connectivity index (χ0n) is 16.1. The number of carbonyl (C=O) groups excluding carboxylic acids is 1. The van der Waals surface area contributed by atoms with Crippen LogP contribution < -0.4 is 0 Å². The molecule has 0 fully saturated rings. The second kappa shape index (κ2) is 10.3. The van der Waals surface area contributed by atoms with Crippen LogP contribution in [-0.4, -0.2) is 33.6 Å². The van der Waals surface area contributed by atoms with Gasteiger partial charge < -0.3 is 10.0 Å². The minimum atomic E-state index is -0.948. The largest absolute Gasteiger partial charge is 0.478 e. The molecule has 0 aliphatic carbocycles. The fourth-order valence-electron chi connectivity index (χ4n) is 2.81. The summed E-state index contributed by atoms with van der Waals surface area (Å²) in [6.07, 6.45) is 1.84. The quantitative estimate of drug-likeness (QED) is 0.345. The number of likely N-dealkylation sites (N-methyl/N-ethyl adjacent to an activating group) is 1. The van der Waals surface area contributed by atoms with Gasteiger partial charge in [-0.05, 0) is 41.5 Å². The summed E-state index contributed by atoms with van der Waals surface area (Å²) < 4.78 is 1.49. The summed E-state index contributed by atoms with van der Waals surface area (Å²) in [6.45, 7) is 0.515. The summed E-state index contributed by atoms with van der Waals surface area (Å²) in [7, 11) is 1.77. The fraction of sp³-hybridized carbons (Fsp3) is 0.0870. The lowest BCUT2D eigenvalue weighted by Gasteiger charge is -2.18. The highest BCUT2D eigenvalue weighted by Crippen LogP contribution is 2.31. The predicted octanol–water partition coefficient (Wildman–Crippen LogP) is 5.80. The zero-order valence-corrected chi connectivity index (χ0v) is 18.6. The molecule has 1 aromatic heterocycles. The number of carboxylic acids is 1. The van der Waals surface area contributed by atoms with E-state index in [1.165, 1.54) is 27.8 Å². The normalized spacial score (nSPS) is 11.2. The molecule has 0 radical (unpaired) electrons. The van der Waals surface area contributed by atoms with Crippen LogP contribution in [0.5, 0.6) is 0 Å². The Morgan fingerprint density at radius 1 is 1.07 bits per heavy atom. The molecular weight excluding hydrogens is 434 g/mol. The minimum absolute atomic E-state index is 0.0919. The van der Waals surface area contributed by atoms with Gasteiger partial charge in [-0.25, -0.2) is 4.79 Å². The van der Waals surface area contributed by atoms with Crippen molar-refractivity contribution >= 4 is 58.0 Å². The van der Waals surface area contributed by atoms with Gasteiger partial charge in [-0.1, -0.05) is 66.4 Å². The molecule has 3 rings (SSSR count). The molecule has 2 aromatic carbocycles. The number of rotatable bonds is 8. The van der Waals surface area contributed by atoms with Crippen molar-refractivity contribution in [1.82, 2.24) is 4.90 Å². The molecule has 152 valence electrons. The number of nitrogens with zero attached hydrogens (tertiary/aromatic N) is 1. The van der Waals surface area contributed by atoms with Gasteiger partial charge in [-0.2, -0.15) is 0 Å². The Labute approximate surface area is 188 Å². The van der Waals surface area contributed by atoms with Crippen LogP contribution in [0, 0.1) is 0 Å². The number of thiocarbonyl (C=S) groups is 1. The third-order valence-electron chi connectivity index (χ3n) is 4.31. The van der Waals surface area contributed by atoms with Gasteiger partial charge in [0.2, 0.25) is 0 Å². The van der Waals surface area contributed by atoms with E-state index in [4.69, 9.17) is 17.3 Å². The molecule has 0 aliphatic rings. The van der Waals surface area contributed by atoms with Gasteiger partial charge in [0.15, 0.2) is 0 Å². The van der Waals surface area contributed by atoms with Crippen molar-refractivity contribution < 1.29 is 14.7 Å². The molecule has 0 saturated heterocycles. The molecule has 4 nitrogen and oxygen atoms in total. The number of aromatic carboxylic acids is 1. The van der Waals surface area contributed by atoms with Crippen molar-refractivity contribution in [3.8, 4) is 10.4 Å². The first-order chi connectivity index (χ1) is 14.5. The van der Waals surface area contributed by atoms with Crippen LogP contribution in [0.25, 0.3) is 16.5 Å². The average Bonchev–Trinajstić information content (AvgIpc) is 3.22. The standard InChI is InChI=1S/C23H19NO3S3/c1-24(14-16-5-3-2-4-6-16)22(25)21(29-15-28)13-19-11-12-20(30-19)17-7-9-18(10-8-17)23(26)27/h2-13,15H,14H2,1H3,(H,26,27)/b21-13-.